The van der Waals surface area contributed by atoms with Gasteiger partial charge >= 0.3 is 0 Å². The van der Waals surface area contributed by atoms with E-state index in [4.69, 9.17) is 11.6 Å². The van der Waals surface area contributed by atoms with E-state index in [9.17, 15) is 23.1 Å². The lowest BCUT2D eigenvalue weighted by Gasteiger charge is -2.43. The standard InChI is InChI=1S/C19H16ClF3N2O2S/c20-13-5-11(1-2-14(13)22)12-7-28-15-3-4-24(18(27)17(12)15)6-16(26)25-9-19(23,8-21)10-25/h1-5,7,18,27H,6,8-10H2. The minimum atomic E-state index is -1.96. The van der Waals surface area contributed by atoms with E-state index in [-0.39, 0.29) is 24.7 Å². The first-order chi connectivity index (χ1) is 13.3. The molecule has 2 aliphatic rings. The van der Waals surface area contributed by atoms with Crippen LogP contribution in [0.4, 0.5) is 13.2 Å². The quantitative estimate of drug-likeness (QED) is 0.800. The zero-order chi connectivity index (χ0) is 20.1. The first-order valence-corrected chi connectivity index (χ1v) is 9.78. The van der Waals surface area contributed by atoms with Crippen molar-refractivity contribution in [2.75, 3.05) is 26.3 Å². The average Bonchev–Trinajstić information content (AvgIpc) is 3.08. The van der Waals surface area contributed by atoms with Gasteiger partial charge in [-0.3, -0.25) is 4.79 Å². The molecule has 1 atom stereocenters. The van der Waals surface area contributed by atoms with Gasteiger partial charge in [-0.05, 0) is 29.2 Å². The van der Waals surface area contributed by atoms with Crippen molar-refractivity contribution in [3.05, 3.63) is 51.1 Å². The fraction of sp³-hybridized carbons (Fsp3) is 0.316. The number of thiophene rings is 1. The molecule has 1 amide bonds. The minimum Gasteiger partial charge on any atom is -0.369 e. The second-order valence-corrected chi connectivity index (χ2v) is 8.27. The van der Waals surface area contributed by atoms with Gasteiger partial charge in [0.2, 0.25) is 5.91 Å². The molecule has 0 saturated carbocycles. The molecule has 1 saturated heterocycles. The van der Waals surface area contributed by atoms with E-state index in [1.807, 2.05) is 5.38 Å². The molecule has 3 heterocycles. The molecule has 1 aromatic heterocycles. The van der Waals surface area contributed by atoms with Gasteiger partial charge in [-0.2, -0.15) is 0 Å². The number of carbonyl (C=O) groups excluding carboxylic acids is 1. The normalized spacial score (nSPS) is 20.1. The smallest absolute Gasteiger partial charge is 0.242 e. The van der Waals surface area contributed by atoms with E-state index in [2.05, 4.69) is 0 Å². The minimum absolute atomic E-state index is 0.0225. The van der Waals surface area contributed by atoms with Gasteiger partial charge in [0, 0.05) is 22.2 Å². The van der Waals surface area contributed by atoms with Crippen LogP contribution in [-0.2, 0) is 4.79 Å². The fourth-order valence-corrected chi connectivity index (χ4v) is 4.54. The Morgan fingerprint density at radius 1 is 1.39 bits per heavy atom. The number of hydrogen-bond donors (Lipinski definition) is 1. The monoisotopic (exact) mass is 428 g/mol. The lowest BCUT2D eigenvalue weighted by Crippen LogP contribution is -2.63. The van der Waals surface area contributed by atoms with Gasteiger partial charge < -0.3 is 14.9 Å². The number of carbonyl (C=O) groups is 1. The van der Waals surface area contributed by atoms with E-state index < -0.39 is 30.3 Å². The summed E-state index contributed by atoms with van der Waals surface area (Å²) in [5.41, 5.74) is -0.0189. The summed E-state index contributed by atoms with van der Waals surface area (Å²) in [6.07, 6.45) is 2.26. The van der Waals surface area contributed by atoms with E-state index >= 15 is 0 Å². The predicted octanol–water partition coefficient (Wildman–Crippen LogP) is 4.00. The van der Waals surface area contributed by atoms with Crippen molar-refractivity contribution in [1.82, 2.24) is 9.80 Å². The topological polar surface area (TPSA) is 43.8 Å². The highest BCUT2D eigenvalue weighted by Gasteiger charge is 2.46. The first-order valence-electron chi connectivity index (χ1n) is 8.53. The van der Waals surface area contributed by atoms with E-state index in [1.165, 1.54) is 33.3 Å². The van der Waals surface area contributed by atoms with Crippen LogP contribution in [0.25, 0.3) is 17.2 Å². The van der Waals surface area contributed by atoms with E-state index in [1.54, 1.807) is 18.3 Å². The highest BCUT2D eigenvalue weighted by atomic mass is 35.5. The van der Waals surface area contributed by atoms with Gasteiger partial charge in [0.05, 0.1) is 24.7 Å². The molecule has 2 aromatic rings. The number of amides is 1. The highest BCUT2D eigenvalue weighted by molar-refractivity contribution is 7.11. The first kappa shape index (κ1) is 19.3. The van der Waals surface area contributed by atoms with Crippen molar-refractivity contribution < 1.29 is 23.1 Å². The van der Waals surface area contributed by atoms with Crippen LogP contribution in [0.1, 0.15) is 16.7 Å². The summed E-state index contributed by atoms with van der Waals surface area (Å²) in [5.74, 6) is -0.926. The van der Waals surface area contributed by atoms with Crippen LogP contribution in [0.2, 0.25) is 5.02 Å². The Kier molecular flexibility index (Phi) is 4.89. The Morgan fingerprint density at radius 2 is 2.14 bits per heavy atom. The van der Waals surface area contributed by atoms with Gasteiger partial charge in [0.1, 0.15) is 12.5 Å². The third kappa shape index (κ3) is 3.29. The summed E-state index contributed by atoms with van der Waals surface area (Å²) in [5, 5.41) is 12.6. The molecule has 4 rings (SSSR count). The number of aliphatic hydroxyl groups excluding tert-OH is 1. The van der Waals surface area contributed by atoms with E-state index in [0.717, 1.165) is 4.88 Å². The number of nitrogens with zero attached hydrogens (tertiary/aromatic N) is 2. The maximum atomic E-state index is 13.7. The number of halogens is 4. The zero-order valence-corrected chi connectivity index (χ0v) is 16.1. The lowest BCUT2D eigenvalue weighted by molar-refractivity contribution is -0.149. The molecule has 1 fully saturated rings. The maximum Gasteiger partial charge on any atom is 0.242 e. The Labute approximate surface area is 168 Å². The summed E-state index contributed by atoms with van der Waals surface area (Å²) >= 11 is 7.28. The Balaban J connectivity index is 1.53. The number of fused-ring (bicyclic) bond motifs is 1. The number of alkyl halides is 2. The summed E-state index contributed by atoms with van der Waals surface area (Å²) in [7, 11) is 0. The third-order valence-electron chi connectivity index (χ3n) is 4.94. The highest BCUT2D eigenvalue weighted by Crippen LogP contribution is 2.41. The van der Waals surface area contributed by atoms with Gasteiger partial charge in [0.15, 0.2) is 11.9 Å². The van der Waals surface area contributed by atoms with Crippen molar-refractivity contribution in [2.45, 2.75) is 11.9 Å². The van der Waals surface area contributed by atoms with Crippen LogP contribution in [0.5, 0.6) is 0 Å². The molecule has 0 aliphatic carbocycles. The zero-order valence-electron chi connectivity index (χ0n) is 14.5. The van der Waals surface area contributed by atoms with Crippen molar-refractivity contribution >= 4 is 34.9 Å². The van der Waals surface area contributed by atoms with Gasteiger partial charge in [-0.25, -0.2) is 13.2 Å². The Hall–Kier alpha value is -2.03. The third-order valence-corrected chi connectivity index (χ3v) is 6.19. The molecule has 1 aromatic carbocycles. The molecule has 28 heavy (non-hydrogen) atoms. The number of aliphatic hydroxyl groups is 1. The Bertz CT molecular complexity index is 959. The number of hydrogen-bond acceptors (Lipinski definition) is 4. The van der Waals surface area contributed by atoms with Crippen molar-refractivity contribution in [2.24, 2.45) is 0 Å². The van der Waals surface area contributed by atoms with Crippen LogP contribution >= 0.6 is 22.9 Å². The van der Waals surface area contributed by atoms with Crippen LogP contribution in [-0.4, -0.2) is 52.8 Å². The SMILES string of the molecule is O=C(CN1C=Cc2scc(-c3ccc(F)c(Cl)c3)c2C1O)N1CC(F)(CF)C1. The van der Waals surface area contributed by atoms with E-state index in [0.29, 0.717) is 16.7 Å². The number of rotatable bonds is 4. The molecule has 1 unspecified atom stereocenters. The summed E-state index contributed by atoms with van der Waals surface area (Å²) in [4.78, 5) is 15.8. The fourth-order valence-electron chi connectivity index (χ4n) is 3.37. The number of likely N-dealkylation sites (tertiary alicyclic amines) is 1. The molecule has 0 bridgehead atoms. The van der Waals surface area contributed by atoms with Gasteiger partial charge in [-0.1, -0.05) is 17.7 Å². The molecule has 1 N–H and O–H groups in total. The molecule has 4 nitrogen and oxygen atoms in total. The lowest BCUT2D eigenvalue weighted by atomic mass is 9.97. The molecule has 2 aliphatic heterocycles. The van der Waals surface area contributed by atoms with Crippen LogP contribution < -0.4 is 0 Å². The summed E-state index contributed by atoms with van der Waals surface area (Å²) in [6, 6.07) is 4.31. The predicted molar refractivity (Wildman–Crippen MR) is 102 cm³/mol. The van der Waals surface area contributed by atoms with Crippen LogP contribution in [0.3, 0.4) is 0 Å². The molecular formula is C19H16ClF3N2O2S. The van der Waals surface area contributed by atoms with Gasteiger partial charge in [-0.15, -0.1) is 11.3 Å². The Morgan fingerprint density at radius 3 is 2.82 bits per heavy atom. The average molecular weight is 429 g/mol. The largest absolute Gasteiger partial charge is 0.369 e. The van der Waals surface area contributed by atoms with Gasteiger partial charge in [0.25, 0.3) is 0 Å². The van der Waals surface area contributed by atoms with Crippen LogP contribution in [0.15, 0.2) is 29.8 Å². The molecule has 9 heteroatoms. The molecule has 148 valence electrons. The van der Waals surface area contributed by atoms with Crippen molar-refractivity contribution in [1.29, 1.82) is 0 Å². The molecule has 0 radical (unpaired) electrons. The molecule has 0 spiro atoms. The number of benzene rings is 1. The molecular weight excluding hydrogens is 413 g/mol. The maximum absolute atomic E-state index is 13.7. The van der Waals surface area contributed by atoms with Crippen molar-refractivity contribution in [3.63, 3.8) is 0 Å². The van der Waals surface area contributed by atoms with Crippen LogP contribution in [0, 0.1) is 5.82 Å². The van der Waals surface area contributed by atoms with Crippen molar-refractivity contribution in [3.8, 4) is 11.1 Å². The second-order valence-electron chi connectivity index (χ2n) is 6.95. The summed E-state index contributed by atoms with van der Waals surface area (Å²) in [6.45, 7) is -1.85. The second kappa shape index (κ2) is 7.09. The summed E-state index contributed by atoms with van der Waals surface area (Å²) < 4.78 is 39.7.